The van der Waals surface area contributed by atoms with E-state index in [2.05, 4.69) is 0 Å². The van der Waals surface area contributed by atoms with Crippen molar-refractivity contribution < 1.29 is 9.72 Å². The van der Waals surface area contributed by atoms with Crippen LogP contribution in [0.5, 0.6) is 0 Å². The van der Waals surface area contributed by atoms with E-state index in [-0.39, 0.29) is 11.6 Å². The molecule has 1 saturated heterocycles. The average Bonchev–Trinajstić information content (AvgIpc) is 3.19. The number of carbonyl (C=O) groups is 1. The van der Waals surface area contributed by atoms with E-state index in [1.807, 2.05) is 15.9 Å². The first-order chi connectivity index (χ1) is 12.6. The van der Waals surface area contributed by atoms with Crippen LogP contribution >= 0.6 is 0 Å². The van der Waals surface area contributed by atoms with Crippen LogP contribution in [0.15, 0.2) is 18.2 Å². The number of benzene rings is 1. The predicted octanol–water partition coefficient (Wildman–Crippen LogP) is 3.09. The third kappa shape index (κ3) is 4.13. The molecule has 0 unspecified atom stereocenters. The molecule has 138 valence electrons. The molecule has 1 saturated carbocycles. The molecule has 7 nitrogen and oxygen atoms in total. The van der Waals surface area contributed by atoms with Crippen molar-refractivity contribution >= 4 is 17.3 Å². The van der Waals surface area contributed by atoms with Crippen LogP contribution in [0.3, 0.4) is 0 Å². The second-order valence-corrected chi connectivity index (χ2v) is 7.13. The van der Waals surface area contributed by atoms with Crippen LogP contribution in [-0.4, -0.2) is 41.9 Å². The van der Waals surface area contributed by atoms with Crippen molar-refractivity contribution in [3.63, 3.8) is 0 Å². The van der Waals surface area contributed by atoms with Gasteiger partial charge in [0.15, 0.2) is 0 Å². The van der Waals surface area contributed by atoms with Gasteiger partial charge >= 0.3 is 0 Å². The maximum Gasteiger partial charge on any atom is 0.270 e. The van der Waals surface area contributed by atoms with E-state index in [4.69, 9.17) is 0 Å². The molecule has 1 aromatic carbocycles. The number of hydrogen-bond acceptors (Lipinski definition) is 5. The molecule has 0 radical (unpaired) electrons. The molecule has 2 aliphatic rings. The van der Waals surface area contributed by atoms with Crippen molar-refractivity contribution in [2.24, 2.45) is 5.92 Å². The third-order valence-corrected chi connectivity index (χ3v) is 5.53. The Hall–Kier alpha value is -2.62. The van der Waals surface area contributed by atoms with Crippen molar-refractivity contribution in [1.82, 2.24) is 4.90 Å². The van der Waals surface area contributed by atoms with Gasteiger partial charge in [-0.15, -0.1) is 0 Å². The maximum atomic E-state index is 12.4. The Morgan fingerprint density at radius 2 is 1.92 bits per heavy atom. The number of carbonyl (C=O) groups excluding carboxylic acids is 1. The zero-order chi connectivity index (χ0) is 18.5. The molecule has 3 rings (SSSR count). The molecule has 0 atom stereocenters. The second-order valence-electron chi connectivity index (χ2n) is 7.13. The van der Waals surface area contributed by atoms with Crippen molar-refractivity contribution in [3.05, 3.63) is 33.9 Å². The Morgan fingerprint density at radius 3 is 2.54 bits per heavy atom. The molecule has 1 aliphatic heterocycles. The van der Waals surface area contributed by atoms with Crippen molar-refractivity contribution in [2.75, 3.05) is 31.1 Å². The number of anilines is 1. The van der Waals surface area contributed by atoms with Gasteiger partial charge in [-0.05, 0) is 18.4 Å². The molecule has 1 heterocycles. The Bertz CT molecular complexity index is 714. The van der Waals surface area contributed by atoms with Gasteiger partial charge in [-0.1, -0.05) is 25.7 Å². The molecule has 0 N–H and O–H groups in total. The van der Waals surface area contributed by atoms with Crippen LogP contribution in [0, 0.1) is 27.4 Å². The smallest absolute Gasteiger partial charge is 0.270 e. The quantitative estimate of drug-likeness (QED) is 0.597. The van der Waals surface area contributed by atoms with Gasteiger partial charge in [-0.2, -0.15) is 5.26 Å². The van der Waals surface area contributed by atoms with Crippen molar-refractivity contribution in [1.29, 1.82) is 5.26 Å². The van der Waals surface area contributed by atoms with Gasteiger partial charge in [0.2, 0.25) is 5.91 Å². The molecule has 7 heteroatoms. The minimum Gasteiger partial charge on any atom is -0.367 e. The lowest BCUT2D eigenvalue weighted by molar-refractivity contribution is -0.384. The fourth-order valence-electron chi connectivity index (χ4n) is 3.98. The number of piperazine rings is 1. The minimum atomic E-state index is -0.494. The summed E-state index contributed by atoms with van der Waals surface area (Å²) in [6.45, 7) is 2.54. The fraction of sp³-hybridized carbons (Fsp3) is 0.579. The number of nitro benzene ring substituents is 1. The number of rotatable bonds is 5. The summed E-state index contributed by atoms with van der Waals surface area (Å²) in [5.41, 5.74) is 0.933. The van der Waals surface area contributed by atoms with E-state index in [1.165, 1.54) is 37.8 Å². The summed E-state index contributed by atoms with van der Waals surface area (Å²) in [7, 11) is 0. The van der Waals surface area contributed by atoms with Gasteiger partial charge in [0, 0.05) is 44.7 Å². The van der Waals surface area contributed by atoms with E-state index < -0.39 is 4.92 Å². The average molecular weight is 356 g/mol. The zero-order valence-corrected chi connectivity index (χ0v) is 14.9. The summed E-state index contributed by atoms with van der Waals surface area (Å²) in [6, 6.07) is 6.42. The van der Waals surface area contributed by atoms with Crippen LogP contribution < -0.4 is 4.90 Å². The first-order valence-corrected chi connectivity index (χ1v) is 9.29. The molecule has 26 heavy (non-hydrogen) atoms. The van der Waals surface area contributed by atoms with Crippen LogP contribution in [0.25, 0.3) is 0 Å². The highest BCUT2D eigenvalue weighted by Gasteiger charge is 2.24. The van der Waals surface area contributed by atoms with Crippen molar-refractivity contribution in [2.45, 2.75) is 38.5 Å². The Morgan fingerprint density at radius 1 is 1.23 bits per heavy atom. The van der Waals surface area contributed by atoms with Gasteiger partial charge in [-0.3, -0.25) is 14.9 Å². The molecule has 1 amide bonds. The van der Waals surface area contributed by atoms with Crippen LogP contribution in [0.2, 0.25) is 0 Å². The van der Waals surface area contributed by atoms with Gasteiger partial charge in [0.1, 0.15) is 6.07 Å². The highest BCUT2D eigenvalue weighted by molar-refractivity contribution is 5.76. The minimum absolute atomic E-state index is 0.0778. The first-order valence-electron chi connectivity index (χ1n) is 9.29. The van der Waals surface area contributed by atoms with Crippen LogP contribution in [-0.2, 0) is 4.79 Å². The van der Waals surface area contributed by atoms with Gasteiger partial charge < -0.3 is 9.80 Å². The Kier molecular flexibility index (Phi) is 5.71. The number of non-ortho nitro benzene ring substituents is 1. The molecule has 0 aromatic heterocycles. The first kappa shape index (κ1) is 18.2. The van der Waals surface area contributed by atoms with E-state index in [0.29, 0.717) is 43.9 Å². The van der Waals surface area contributed by atoms with Crippen LogP contribution in [0.4, 0.5) is 11.4 Å². The van der Waals surface area contributed by atoms with Crippen molar-refractivity contribution in [3.8, 4) is 6.07 Å². The Labute approximate surface area is 153 Å². The summed E-state index contributed by atoms with van der Waals surface area (Å²) in [5, 5.41) is 20.2. The SMILES string of the molecule is N#Cc1cc([N+](=O)[O-])ccc1N1CCN(C(=O)CCC2CCCC2)CC1. The lowest BCUT2D eigenvalue weighted by Crippen LogP contribution is -2.49. The highest BCUT2D eigenvalue weighted by atomic mass is 16.6. The molecule has 0 spiro atoms. The molecule has 2 fully saturated rings. The lowest BCUT2D eigenvalue weighted by Gasteiger charge is -2.36. The van der Waals surface area contributed by atoms with Gasteiger partial charge in [0.05, 0.1) is 16.2 Å². The van der Waals surface area contributed by atoms with Gasteiger partial charge in [0.25, 0.3) is 5.69 Å². The molecule has 1 aromatic rings. The maximum absolute atomic E-state index is 12.4. The molecular weight excluding hydrogens is 332 g/mol. The number of nitrogens with zero attached hydrogens (tertiary/aromatic N) is 4. The third-order valence-electron chi connectivity index (χ3n) is 5.53. The largest absolute Gasteiger partial charge is 0.367 e. The van der Waals surface area contributed by atoms with E-state index in [9.17, 15) is 20.2 Å². The molecular formula is C19H24N4O3. The number of hydrogen-bond donors (Lipinski definition) is 0. The monoisotopic (exact) mass is 356 g/mol. The van der Waals surface area contributed by atoms with E-state index in [0.717, 1.165) is 12.3 Å². The molecule has 0 bridgehead atoms. The standard InChI is InChI=1S/C19H24N4O3/c20-14-16-13-17(23(25)26)6-7-18(16)21-9-11-22(12-10-21)19(24)8-5-15-3-1-2-4-15/h6-7,13,15H,1-5,8-12H2. The highest BCUT2D eigenvalue weighted by Crippen LogP contribution is 2.29. The second kappa shape index (κ2) is 8.17. The van der Waals surface area contributed by atoms with E-state index in [1.54, 1.807) is 6.07 Å². The zero-order valence-electron chi connectivity index (χ0n) is 14.9. The number of nitro groups is 1. The summed E-state index contributed by atoms with van der Waals surface area (Å²) >= 11 is 0. The van der Waals surface area contributed by atoms with E-state index >= 15 is 0 Å². The van der Waals surface area contributed by atoms with Gasteiger partial charge in [-0.25, -0.2) is 0 Å². The number of nitriles is 1. The summed E-state index contributed by atoms with van der Waals surface area (Å²) in [4.78, 5) is 26.7. The summed E-state index contributed by atoms with van der Waals surface area (Å²) < 4.78 is 0. The predicted molar refractivity (Wildman–Crippen MR) is 97.8 cm³/mol. The normalized spacial score (nSPS) is 18.0. The Balaban J connectivity index is 1.55. The fourth-order valence-corrected chi connectivity index (χ4v) is 3.98. The number of amides is 1. The van der Waals surface area contributed by atoms with Crippen LogP contribution in [0.1, 0.15) is 44.1 Å². The summed E-state index contributed by atoms with van der Waals surface area (Å²) in [6.07, 6.45) is 6.75. The summed E-state index contributed by atoms with van der Waals surface area (Å²) in [5.74, 6) is 0.944. The lowest BCUT2D eigenvalue weighted by atomic mass is 10.0. The topological polar surface area (TPSA) is 90.5 Å². The molecule has 1 aliphatic carbocycles.